The number of hydrogen-bond donors (Lipinski definition) is 3. The summed E-state index contributed by atoms with van der Waals surface area (Å²) in [7, 11) is 0. The summed E-state index contributed by atoms with van der Waals surface area (Å²) in [4.78, 5) is 19.3. The van der Waals surface area contributed by atoms with Crippen LogP contribution in [0.4, 0.5) is 0 Å². The van der Waals surface area contributed by atoms with Crippen LogP contribution in [-0.2, 0) is 0 Å². The highest BCUT2D eigenvalue weighted by atomic mass is 79.9. The quantitative estimate of drug-likeness (QED) is 0.348. The minimum absolute atomic E-state index is 0.0782. The fourth-order valence-corrected chi connectivity index (χ4v) is 3.54. The van der Waals surface area contributed by atoms with Crippen LogP contribution >= 0.6 is 15.9 Å². The summed E-state index contributed by atoms with van der Waals surface area (Å²) in [6, 6.07) is 8.44. The second kappa shape index (κ2) is 11.3. The van der Waals surface area contributed by atoms with E-state index in [4.69, 9.17) is 0 Å². The van der Waals surface area contributed by atoms with E-state index in [9.17, 15) is 4.79 Å². The summed E-state index contributed by atoms with van der Waals surface area (Å²) in [5, 5.41) is 9.75. The average molecular weight is 438 g/mol. The molecule has 0 spiro atoms. The summed E-state index contributed by atoms with van der Waals surface area (Å²) in [5.41, 5.74) is 0.648. The van der Waals surface area contributed by atoms with Gasteiger partial charge in [-0.1, -0.05) is 22.0 Å². The Balaban J connectivity index is 1.77. The molecule has 3 N–H and O–H groups in total. The van der Waals surface area contributed by atoms with Crippen molar-refractivity contribution in [2.24, 2.45) is 4.99 Å². The van der Waals surface area contributed by atoms with Crippen LogP contribution < -0.4 is 16.0 Å². The van der Waals surface area contributed by atoms with Gasteiger partial charge in [0.1, 0.15) is 0 Å². The SMILES string of the molecule is CCNC(=NCCNC(=O)c1cccc(Br)c1)NC1CCN(C(C)C)CC1. The predicted molar refractivity (Wildman–Crippen MR) is 115 cm³/mol. The first-order valence-corrected chi connectivity index (χ1v) is 10.6. The fourth-order valence-electron chi connectivity index (χ4n) is 3.14. The Hall–Kier alpha value is -1.60. The minimum Gasteiger partial charge on any atom is -0.357 e. The van der Waals surface area contributed by atoms with Gasteiger partial charge in [-0.15, -0.1) is 0 Å². The summed E-state index contributed by atoms with van der Waals surface area (Å²) in [6.45, 7) is 10.7. The maximum Gasteiger partial charge on any atom is 0.251 e. The average Bonchev–Trinajstić information content (AvgIpc) is 2.65. The summed E-state index contributed by atoms with van der Waals surface area (Å²) in [6.07, 6.45) is 2.25. The molecule has 1 aromatic carbocycles. The van der Waals surface area contributed by atoms with Gasteiger partial charge < -0.3 is 20.9 Å². The number of nitrogens with zero attached hydrogens (tertiary/aromatic N) is 2. The van der Waals surface area contributed by atoms with Gasteiger partial charge in [0.05, 0.1) is 6.54 Å². The van der Waals surface area contributed by atoms with Crippen LogP contribution in [0.15, 0.2) is 33.7 Å². The van der Waals surface area contributed by atoms with Crippen molar-refractivity contribution in [1.29, 1.82) is 0 Å². The molecule has 150 valence electrons. The molecule has 1 saturated heterocycles. The third kappa shape index (κ3) is 7.50. The minimum atomic E-state index is -0.0782. The molecule has 27 heavy (non-hydrogen) atoms. The number of likely N-dealkylation sites (tertiary alicyclic amines) is 1. The predicted octanol–water partition coefficient (Wildman–Crippen LogP) is 2.61. The molecule has 0 radical (unpaired) electrons. The van der Waals surface area contributed by atoms with E-state index < -0.39 is 0 Å². The molecule has 7 heteroatoms. The largest absolute Gasteiger partial charge is 0.357 e. The summed E-state index contributed by atoms with van der Waals surface area (Å²) in [5.74, 6) is 0.753. The van der Waals surface area contributed by atoms with Crippen molar-refractivity contribution in [3.05, 3.63) is 34.3 Å². The van der Waals surface area contributed by atoms with E-state index in [1.54, 1.807) is 6.07 Å². The molecule has 1 aliphatic heterocycles. The Morgan fingerprint density at radius 1 is 1.30 bits per heavy atom. The number of hydrogen-bond acceptors (Lipinski definition) is 3. The Morgan fingerprint density at radius 2 is 2.04 bits per heavy atom. The van der Waals surface area contributed by atoms with Gasteiger partial charge >= 0.3 is 0 Å². The van der Waals surface area contributed by atoms with E-state index in [1.165, 1.54) is 0 Å². The normalized spacial score (nSPS) is 16.4. The maximum absolute atomic E-state index is 12.2. The molecule has 1 amide bonds. The van der Waals surface area contributed by atoms with E-state index in [0.29, 0.717) is 30.7 Å². The van der Waals surface area contributed by atoms with Gasteiger partial charge in [0.2, 0.25) is 0 Å². The molecular formula is C20H32BrN5O. The lowest BCUT2D eigenvalue weighted by atomic mass is 10.0. The highest BCUT2D eigenvalue weighted by molar-refractivity contribution is 9.10. The first kappa shape index (κ1) is 21.7. The fraction of sp³-hybridized carbons (Fsp3) is 0.600. The molecule has 0 bridgehead atoms. The molecule has 0 saturated carbocycles. The van der Waals surface area contributed by atoms with Crippen molar-refractivity contribution in [3.8, 4) is 0 Å². The number of carbonyl (C=O) groups is 1. The highest BCUT2D eigenvalue weighted by Gasteiger charge is 2.21. The highest BCUT2D eigenvalue weighted by Crippen LogP contribution is 2.13. The third-order valence-corrected chi connectivity index (χ3v) is 5.19. The third-order valence-electron chi connectivity index (χ3n) is 4.70. The van der Waals surface area contributed by atoms with E-state index in [1.807, 2.05) is 18.2 Å². The zero-order valence-electron chi connectivity index (χ0n) is 16.6. The molecular weight excluding hydrogens is 406 g/mol. The van der Waals surface area contributed by atoms with Crippen LogP contribution in [-0.4, -0.2) is 61.6 Å². The van der Waals surface area contributed by atoms with E-state index >= 15 is 0 Å². The molecule has 0 aromatic heterocycles. The number of piperidine rings is 1. The number of halogens is 1. The molecule has 0 aliphatic carbocycles. The lowest BCUT2D eigenvalue weighted by molar-refractivity contribution is 0.0954. The number of amides is 1. The van der Waals surface area contributed by atoms with E-state index in [0.717, 1.165) is 42.9 Å². The second-order valence-electron chi connectivity index (χ2n) is 7.08. The first-order valence-electron chi connectivity index (χ1n) is 9.82. The van der Waals surface area contributed by atoms with Crippen molar-refractivity contribution >= 4 is 27.8 Å². The lowest BCUT2D eigenvalue weighted by Gasteiger charge is -2.35. The number of carbonyl (C=O) groups excluding carboxylic acids is 1. The van der Waals surface area contributed by atoms with Crippen molar-refractivity contribution in [3.63, 3.8) is 0 Å². The topological polar surface area (TPSA) is 68.8 Å². The molecule has 1 fully saturated rings. The van der Waals surface area contributed by atoms with Gasteiger partial charge in [0, 0.05) is 48.3 Å². The van der Waals surface area contributed by atoms with Gasteiger partial charge in [0.25, 0.3) is 5.91 Å². The number of benzene rings is 1. The number of aliphatic imine (C=N–C) groups is 1. The number of guanidine groups is 1. The number of nitrogens with one attached hydrogen (secondary N) is 3. The van der Waals surface area contributed by atoms with Crippen molar-refractivity contribution < 1.29 is 4.79 Å². The van der Waals surface area contributed by atoms with Gasteiger partial charge in [-0.2, -0.15) is 0 Å². The Kier molecular flexibility index (Phi) is 9.07. The molecule has 1 aliphatic rings. The first-order chi connectivity index (χ1) is 13.0. The zero-order valence-corrected chi connectivity index (χ0v) is 18.2. The van der Waals surface area contributed by atoms with Gasteiger partial charge in [-0.25, -0.2) is 0 Å². The smallest absolute Gasteiger partial charge is 0.251 e. The standard InChI is InChI=1S/C20H32BrN5O/c1-4-22-20(25-18-8-12-26(13-9-18)15(2)3)24-11-10-23-19(27)16-6-5-7-17(21)14-16/h5-7,14-15,18H,4,8-13H2,1-3H3,(H,23,27)(H2,22,24,25). The molecule has 0 unspecified atom stereocenters. The Labute approximate surface area is 171 Å². The molecule has 2 rings (SSSR count). The van der Waals surface area contributed by atoms with Crippen LogP contribution in [0.1, 0.15) is 44.0 Å². The number of rotatable bonds is 7. The maximum atomic E-state index is 12.2. The summed E-state index contributed by atoms with van der Waals surface area (Å²) >= 11 is 3.39. The van der Waals surface area contributed by atoms with Crippen molar-refractivity contribution in [2.75, 3.05) is 32.7 Å². The lowest BCUT2D eigenvalue weighted by Crippen LogP contribution is -2.50. The molecule has 1 heterocycles. The van der Waals surface area contributed by atoms with E-state index in [2.05, 4.69) is 62.5 Å². The van der Waals surface area contributed by atoms with Crippen LogP contribution in [0.25, 0.3) is 0 Å². The van der Waals surface area contributed by atoms with Crippen LogP contribution in [0.5, 0.6) is 0 Å². The van der Waals surface area contributed by atoms with Gasteiger partial charge in [0.15, 0.2) is 5.96 Å². The molecule has 6 nitrogen and oxygen atoms in total. The van der Waals surface area contributed by atoms with Gasteiger partial charge in [-0.3, -0.25) is 9.79 Å². The molecule has 0 atom stereocenters. The van der Waals surface area contributed by atoms with Crippen LogP contribution in [0.2, 0.25) is 0 Å². The summed E-state index contributed by atoms with van der Waals surface area (Å²) < 4.78 is 0.898. The Bertz CT molecular complexity index is 627. The van der Waals surface area contributed by atoms with Crippen LogP contribution in [0.3, 0.4) is 0 Å². The van der Waals surface area contributed by atoms with Crippen LogP contribution in [0, 0.1) is 0 Å². The van der Waals surface area contributed by atoms with Crippen molar-refractivity contribution in [2.45, 2.75) is 45.7 Å². The second-order valence-corrected chi connectivity index (χ2v) is 7.99. The van der Waals surface area contributed by atoms with E-state index in [-0.39, 0.29) is 5.91 Å². The zero-order chi connectivity index (χ0) is 19.6. The van der Waals surface area contributed by atoms with Gasteiger partial charge in [-0.05, 0) is 51.8 Å². The molecule has 1 aromatic rings. The Morgan fingerprint density at radius 3 is 2.67 bits per heavy atom. The monoisotopic (exact) mass is 437 g/mol. The van der Waals surface area contributed by atoms with Crippen molar-refractivity contribution in [1.82, 2.24) is 20.9 Å².